The Kier molecular flexibility index (Phi) is 5.69. The number of rotatable bonds is 4. The van der Waals surface area contributed by atoms with E-state index in [2.05, 4.69) is 15.3 Å². The Hall–Kier alpha value is -2.65. The number of carbonyl (C=O) groups excluding carboxylic acids is 1. The summed E-state index contributed by atoms with van der Waals surface area (Å²) in [5.74, 6) is 0.470. The third kappa shape index (κ3) is 4.50. The maximum absolute atomic E-state index is 12.2. The molecule has 1 aromatic heterocycles. The summed E-state index contributed by atoms with van der Waals surface area (Å²) in [7, 11) is 0. The van der Waals surface area contributed by atoms with Crippen molar-refractivity contribution in [2.24, 2.45) is 0 Å². The Morgan fingerprint density at radius 1 is 1.27 bits per heavy atom. The number of amides is 1. The molecule has 7 heteroatoms. The van der Waals surface area contributed by atoms with Gasteiger partial charge in [0, 0.05) is 18.3 Å². The van der Waals surface area contributed by atoms with Crippen LogP contribution in [0.4, 0.5) is 0 Å². The van der Waals surface area contributed by atoms with Crippen molar-refractivity contribution in [3.63, 3.8) is 0 Å². The maximum atomic E-state index is 12.2. The van der Waals surface area contributed by atoms with E-state index < -0.39 is 0 Å². The number of nitrogens with zero attached hydrogens (tertiary/aromatic N) is 3. The molecule has 0 bridgehead atoms. The first kappa shape index (κ1) is 18.2. The fraction of sp³-hybridized carbons (Fsp3) is 0.368. The SMILES string of the molecule is Cc1cnc(C(=O)N[C@H]2CC[C@H](Oc3ccc(C#N)c(Cl)c3)CC2)cn1. The quantitative estimate of drug-likeness (QED) is 0.890. The molecule has 0 unspecified atom stereocenters. The van der Waals surface area contributed by atoms with Crippen LogP contribution in [0.1, 0.15) is 47.4 Å². The predicted molar refractivity (Wildman–Crippen MR) is 97.1 cm³/mol. The van der Waals surface area contributed by atoms with E-state index in [0.717, 1.165) is 31.4 Å². The van der Waals surface area contributed by atoms with Gasteiger partial charge < -0.3 is 10.1 Å². The lowest BCUT2D eigenvalue weighted by Crippen LogP contribution is -2.40. The van der Waals surface area contributed by atoms with Crippen LogP contribution in [0.2, 0.25) is 5.02 Å². The van der Waals surface area contributed by atoms with Gasteiger partial charge in [-0.2, -0.15) is 5.26 Å². The van der Waals surface area contributed by atoms with Crippen LogP contribution >= 0.6 is 11.6 Å². The topological polar surface area (TPSA) is 87.9 Å². The Morgan fingerprint density at radius 3 is 2.65 bits per heavy atom. The van der Waals surface area contributed by atoms with Gasteiger partial charge in [-0.1, -0.05) is 11.6 Å². The van der Waals surface area contributed by atoms with Gasteiger partial charge in [0.15, 0.2) is 0 Å². The molecule has 0 aliphatic heterocycles. The molecule has 2 aromatic rings. The van der Waals surface area contributed by atoms with Gasteiger partial charge >= 0.3 is 0 Å². The van der Waals surface area contributed by atoms with Crippen molar-refractivity contribution in [2.75, 3.05) is 0 Å². The summed E-state index contributed by atoms with van der Waals surface area (Å²) < 4.78 is 5.96. The summed E-state index contributed by atoms with van der Waals surface area (Å²) in [5.41, 5.74) is 1.55. The molecule has 0 spiro atoms. The van der Waals surface area contributed by atoms with Crippen LogP contribution in [0.5, 0.6) is 5.75 Å². The first-order chi connectivity index (χ1) is 12.5. The third-order valence-corrected chi connectivity index (χ3v) is 4.70. The Balaban J connectivity index is 1.49. The van der Waals surface area contributed by atoms with Gasteiger partial charge in [-0.15, -0.1) is 0 Å². The second-order valence-electron chi connectivity index (χ2n) is 6.36. The van der Waals surface area contributed by atoms with Gasteiger partial charge in [0.1, 0.15) is 17.5 Å². The van der Waals surface area contributed by atoms with Crippen LogP contribution in [0.3, 0.4) is 0 Å². The molecule has 3 rings (SSSR count). The lowest BCUT2D eigenvalue weighted by molar-refractivity contribution is 0.0888. The fourth-order valence-electron chi connectivity index (χ4n) is 2.95. The van der Waals surface area contributed by atoms with Crippen LogP contribution in [0.15, 0.2) is 30.6 Å². The highest BCUT2D eigenvalue weighted by Crippen LogP contribution is 2.27. The number of benzene rings is 1. The van der Waals surface area contributed by atoms with Gasteiger partial charge in [0.25, 0.3) is 5.91 Å². The molecule has 1 aliphatic rings. The minimum Gasteiger partial charge on any atom is -0.490 e. The smallest absolute Gasteiger partial charge is 0.271 e. The summed E-state index contributed by atoms with van der Waals surface area (Å²) >= 11 is 6.03. The second-order valence-corrected chi connectivity index (χ2v) is 6.77. The van der Waals surface area contributed by atoms with E-state index in [4.69, 9.17) is 21.6 Å². The van der Waals surface area contributed by atoms with E-state index in [1.54, 1.807) is 24.4 Å². The van der Waals surface area contributed by atoms with E-state index in [-0.39, 0.29) is 18.1 Å². The van der Waals surface area contributed by atoms with E-state index in [0.29, 0.717) is 22.0 Å². The largest absolute Gasteiger partial charge is 0.490 e. The lowest BCUT2D eigenvalue weighted by atomic mass is 9.93. The van der Waals surface area contributed by atoms with Gasteiger partial charge in [0.2, 0.25) is 0 Å². The molecule has 1 N–H and O–H groups in total. The molecule has 6 nitrogen and oxygen atoms in total. The molecular formula is C19H19ClN4O2. The Morgan fingerprint density at radius 2 is 2.04 bits per heavy atom. The zero-order valence-corrected chi connectivity index (χ0v) is 15.2. The molecule has 1 saturated carbocycles. The maximum Gasteiger partial charge on any atom is 0.271 e. The molecule has 0 radical (unpaired) electrons. The number of halogens is 1. The Bertz CT molecular complexity index is 824. The van der Waals surface area contributed by atoms with Gasteiger partial charge in [-0.05, 0) is 44.7 Å². The molecule has 26 heavy (non-hydrogen) atoms. The number of carbonyl (C=O) groups is 1. The highest BCUT2D eigenvalue weighted by Gasteiger charge is 2.24. The third-order valence-electron chi connectivity index (χ3n) is 4.39. The molecule has 1 heterocycles. The number of nitrogens with one attached hydrogen (secondary N) is 1. The van der Waals surface area contributed by atoms with Crippen LogP contribution in [0.25, 0.3) is 0 Å². The van der Waals surface area contributed by atoms with Crippen molar-refractivity contribution >= 4 is 17.5 Å². The Labute approximate surface area is 157 Å². The minimum atomic E-state index is -0.194. The van der Waals surface area contributed by atoms with Crippen LogP contribution in [0, 0.1) is 18.3 Å². The summed E-state index contributed by atoms with van der Waals surface area (Å²) in [6.07, 6.45) is 6.49. The van der Waals surface area contributed by atoms with Crippen molar-refractivity contribution < 1.29 is 9.53 Å². The molecule has 0 saturated heterocycles. The molecule has 1 amide bonds. The fourth-order valence-corrected chi connectivity index (χ4v) is 3.16. The van der Waals surface area contributed by atoms with Crippen LogP contribution in [-0.4, -0.2) is 28.0 Å². The van der Waals surface area contributed by atoms with Crippen molar-refractivity contribution in [2.45, 2.75) is 44.8 Å². The summed E-state index contributed by atoms with van der Waals surface area (Å²) in [6.45, 7) is 1.83. The summed E-state index contributed by atoms with van der Waals surface area (Å²) in [6, 6.07) is 7.22. The van der Waals surface area contributed by atoms with Crippen LogP contribution < -0.4 is 10.1 Å². The van der Waals surface area contributed by atoms with E-state index in [1.165, 1.54) is 6.20 Å². The molecule has 0 atom stereocenters. The second kappa shape index (κ2) is 8.15. The number of hydrogen-bond acceptors (Lipinski definition) is 5. The summed E-state index contributed by atoms with van der Waals surface area (Å²) in [5, 5.41) is 12.3. The van der Waals surface area contributed by atoms with Crippen molar-refractivity contribution in [1.29, 1.82) is 5.26 Å². The molecule has 134 valence electrons. The molecule has 1 aromatic carbocycles. The number of aryl methyl sites for hydroxylation is 1. The first-order valence-corrected chi connectivity index (χ1v) is 8.89. The first-order valence-electron chi connectivity index (χ1n) is 8.51. The number of hydrogen-bond donors (Lipinski definition) is 1. The number of nitriles is 1. The minimum absolute atomic E-state index is 0.0753. The molecular weight excluding hydrogens is 352 g/mol. The standard InChI is InChI=1S/C19H19ClN4O2/c1-12-10-23-18(11-22-12)19(25)24-14-3-6-15(7-4-14)26-16-5-2-13(9-21)17(20)8-16/h2,5,8,10-11,14-15H,3-4,6-7H2,1H3,(H,24,25)/t14-,15-. The van der Waals surface area contributed by atoms with Gasteiger partial charge in [-0.25, -0.2) is 4.98 Å². The van der Waals surface area contributed by atoms with Crippen molar-refractivity contribution in [1.82, 2.24) is 15.3 Å². The highest BCUT2D eigenvalue weighted by molar-refractivity contribution is 6.31. The molecule has 1 fully saturated rings. The zero-order chi connectivity index (χ0) is 18.5. The lowest BCUT2D eigenvalue weighted by Gasteiger charge is -2.29. The van der Waals surface area contributed by atoms with E-state index in [1.807, 2.05) is 13.0 Å². The zero-order valence-electron chi connectivity index (χ0n) is 14.4. The average molecular weight is 371 g/mol. The average Bonchev–Trinajstić information content (AvgIpc) is 2.64. The van der Waals surface area contributed by atoms with Gasteiger partial charge in [-0.3, -0.25) is 9.78 Å². The summed E-state index contributed by atoms with van der Waals surface area (Å²) in [4.78, 5) is 20.4. The van der Waals surface area contributed by atoms with E-state index in [9.17, 15) is 4.79 Å². The normalized spacial score (nSPS) is 19.4. The van der Waals surface area contributed by atoms with Crippen molar-refractivity contribution in [3.8, 4) is 11.8 Å². The monoisotopic (exact) mass is 370 g/mol. The predicted octanol–water partition coefficient (Wildman–Crippen LogP) is 3.43. The highest BCUT2D eigenvalue weighted by atomic mass is 35.5. The van der Waals surface area contributed by atoms with Crippen molar-refractivity contribution in [3.05, 3.63) is 52.6 Å². The van der Waals surface area contributed by atoms with E-state index >= 15 is 0 Å². The molecule has 1 aliphatic carbocycles. The van der Waals surface area contributed by atoms with Crippen LogP contribution in [-0.2, 0) is 0 Å². The van der Waals surface area contributed by atoms with Gasteiger partial charge in [0.05, 0.1) is 28.6 Å². The number of aromatic nitrogens is 2. The number of ether oxygens (including phenoxy) is 1.